The topological polar surface area (TPSA) is 26.0 Å². The molecule has 4 heteroatoms. The van der Waals surface area contributed by atoms with Crippen LogP contribution in [0.5, 0.6) is 0 Å². The molecule has 2 rings (SSSR count). The zero-order valence-corrected chi connectivity index (χ0v) is 10.5. The van der Waals surface area contributed by atoms with Crippen molar-refractivity contribution in [3.63, 3.8) is 0 Å². The zero-order chi connectivity index (χ0) is 13.0. The van der Waals surface area contributed by atoms with E-state index in [9.17, 15) is 8.78 Å². The molecule has 1 atom stereocenters. The molecule has 0 heterocycles. The van der Waals surface area contributed by atoms with E-state index in [0.29, 0.717) is 5.75 Å². The smallest absolute Gasteiger partial charge is 0.124 e. The average molecular weight is 265 g/mol. The molecule has 0 radical (unpaired) electrons. The molecule has 0 aromatic heterocycles. The molecular formula is C14H13F2NS. The van der Waals surface area contributed by atoms with E-state index in [1.54, 1.807) is 18.2 Å². The predicted octanol–water partition coefficient (Wildman–Crippen LogP) is 3.76. The molecule has 0 saturated carbocycles. The molecule has 0 aliphatic heterocycles. The number of hydrogen-bond acceptors (Lipinski definition) is 2. The largest absolute Gasteiger partial charge is 0.323 e. The Labute approximate surface area is 109 Å². The first-order valence-electron chi connectivity index (χ1n) is 5.54. The molecule has 18 heavy (non-hydrogen) atoms. The SMILES string of the molecule is NC(CSc1cccc(F)c1)c1ccc(F)cc1. The second kappa shape index (κ2) is 5.98. The molecule has 0 saturated heterocycles. The highest BCUT2D eigenvalue weighted by molar-refractivity contribution is 7.99. The van der Waals surface area contributed by atoms with Crippen LogP contribution in [0.3, 0.4) is 0 Å². The van der Waals surface area contributed by atoms with E-state index in [2.05, 4.69) is 0 Å². The number of rotatable bonds is 4. The van der Waals surface area contributed by atoms with Gasteiger partial charge in [0.05, 0.1) is 0 Å². The molecule has 2 aromatic carbocycles. The van der Waals surface area contributed by atoms with Crippen molar-refractivity contribution in [3.8, 4) is 0 Å². The van der Waals surface area contributed by atoms with Crippen molar-refractivity contribution in [2.45, 2.75) is 10.9 Å². The first kappa shape index (κ1) is 13.1. The van der Waals surface area contributed by atoms with Gasteiger partial charge in [-0.1, -0.05) is 18.2 Å². The number of thioether (sulfide) groups is 1. The van der Waals surface area contributed by atoms with Gasteiger partial charge in [-0.15, -0.1) is 11.8 Å². The molecular weight excluding hydrogens is 252 g/mol. The summed E-state index contributed by atoms with van der Waals surface area (Å²) in [6, 6.07) is 12.3. The van der Waals surface area contributed by atoms with Crippen molar-refractivity contribution in [3.05, 3.63) is 65.7 Å². The van der Waals surface area contributed by atoms with Gasteiger partial charge < -0.3 is 5.73 Å². The second-order valence-corrected chi connectivity index (χ2v) is 5.02. The Morgan fingerprint density at radius 3 is 2.39 bits per heavy atom. The lowest BCUT2D eigenvalue weighted by molar-refractivity contribution is 0.624. The highest BCUT2D eigenvalue weighted by Gasteiger charge is 2.07. The normalized spacial score (nSPS) is 12.4. The van der Waals surface area contributed by atoms with Gasteiger partial charge in [-0.2, -0.15) is 0 Å². The van der Waals surface area contributed by atoms with Gasteiger partial charge in [0.1, 0.15) is 11.6 Å². The van der Waals surface area contributed by atoms with Gasteiger partial charge in [-0.05, 0) is 35.9 Å². The third kappa shape index (κ3) is 3.55. The van der Waals surface area contributed by atoms with Crippen LogP contribution >= 0.6 is 11.8 Å². The number of halogens is 2. The van der Waals surface area contributed by atoms with Crippen LogP contribution in [-0.2, 0) is 0 Å². The molecule has 0 aliphatic rings. The highest BCUT2D eigenvalue weighted by atomic mass is 32.2. The molecule has 0 aliphatic carbocycles. The van der Waals surface area contributed by atoms with Gasteiger partial charge in [0, 0.05) is 16.7 Å². The fourth-order valence-electron chi connectivity index (χ4n) is 1.55. The molecule has 0 spiro atoms. The van der Waals surface area contributed by atoms with Crippen LogP contribution < -0.4 is 5.73 Å². The van der Waals surface area contributed by atoms with Gasteiger partial charge in [-0.3, -0.25) is 0 Å². The number of benzene rings is 2. The standard InChI is InChI=1S/C14H13F2NS/c15-11-6-4-10(5-7-11)14(17)9-18-13-3-1-2-12(16)8-13/h1-8,14H,9,17H2. The average Bonchev–Trinajstić information content (AvgIpc) is 2.37. The summed E-state index contributed by atoms with van der Waals surface area (Å²) in [6.45, 7) is 0. The Morgan fingerprint density at radius 1 is 1.00 bits per heavy atom. The summed E-state index contributed by atoms with van der Waals surface area (Å²) in [5, 5.41) is 0. The van der Waals surface area contributed by atoms with E-state index in [1.165, 1.54) is 36.0 Å². The summed E-state index contributed by atoms with van der Waals surface area (Å²) < 4.78 is 25.7. The van der Waals surface area contributed by atoms with Crippen LogP contribution in [0.2, 0.25) is 0 Å². The Bertz CT molecular complexity index is 513. The Morgan fingerprint density at radius 2 is 1.72 bits per heavy atom. The van der Waals surface area contributed by atoms with Gasteiger partial charge >= 0.3 is 0 Å². The summed E-state index contributed by atoms with van der Waals surface area (Å²) >= 11 is 1.48. The van der Waals surface area contributed by atoms with Gasteiger partial charge in [0.15, 0.2) is 0 Å². The summed E-state index contributed by atoms with van der Waals surface area (Å²) in [7, 11) is 0. The van der Waals surface area contributed by atoms with Crippen molar-refractivity contribution in [1.82, 2.24) is 0 Å². The fraction of sp³-hybridized carbons (Fsp3) is 0.143. The van der Waals surface area contributed by atoms with Crippen LogP contribution in [0.25, 0.3) is 0 Å². The van der Waals surface area contributed by atoms with E-state index >= 15 is 0 Å². The molecule has 94 valence electrons. The number of nitrogens with two attached hydrogens (primary N) is 1. The highest BCUT2D eigenvalue weighted by Crippen LogP contribution is 2.24. The third-order valence-corrected chi connectivity index (χ3v) is 3.64. The van der Waals surface area contributed by atoms with Crippen LogP contribution in [0.15, 0.2) is 53.4 Å². The maximum atomic E-state index is 13.0. The van der Waals surface area contributed by atoms with Crippen molar-refractivity contribution in [1.29, 1.82) is 0 Å². The van der Waals surface area contributed by atoms with Gasteiger partial charge in [0.25, 0.3) is 0 Å². The van der Waals surface area contributed by atoms with E-state index in [-0.39, 0.29) is 17.7 Å². The van der Waals surface area contributed by atoms with E-state index in [4.69, 9.17) is 5.73 Å². The summed E-state index contributed by atoms with van der Waals surface area (Å²) in [4.78, 5) is 0.840. The van der Waals surface area contributed by atoms with Crippen molar-refractivity contribution in [2.24, 2.45) is 5.73 Å². The van der Waals surface area contributed by atoms with Gasteiger partial charge in [0.2, 0.25) is 0 Å². The van der Waals surface area contributed by atoms with Crippen molar-refractivity contribution in [2.75, 3.05) is 5.75 Å². The van der Waals surface area contributed by atoms with E-state index in [1.807, 2.05) is 6.07 Å². The maximum absolute atomic E-state index is 13.0. The quantitative estimate of drug-likeness (QED) is 0.852. The summed E-state index contributed by atoms with van der Waals surface area (Å²) in [5.41, 5.74) is 6.87. The molecule has 0 bridgehead atoms. The lowest BCUT2D eigenvalue weighted by Gasteiger charge is -2.11. The minimum atomic E-state index is -0.274. The first-order valence-corrected chi connectivity index (χ1v) is 6.53. The fourth-order valence-corrected chi connectivity index (χ4v) is 2.48. The Kier molecular flexibility index (Phi) is 4.33. The monoisotopic (exact) mass is 265 g/mol. The van der Waals surface area contributed by atoms with Crippen molar-refractivity contribution < 1.29 is 8.78 Å². The minimum absolute atomic E-state index is 0.195. The van der Waals surface area contributed by atoms with Crippen molar-refractivity contribution >= 4 is 11.8 Å². The van der Waals surface area contributed by atoms with Crippen LogP contribution in [0.1, 0.15) is 11.6 Å². The maximum Gasteiger partial charge on any atom is 0.124 e. The predicted molar refractivity (Wildman–Crippen MR) is 70.5 cm³/mol. The summed E-state index contributed by atoms with van der Waals surface area (Å²) in [6.07, 6.45) is 0. The first-order chi connectivity index (χ1) is 8.65. The molecule has 1 unspecified atom stereocenters. The molecule has 2 aromatic rings. The Balaban J connectivity index is 1.96. The Hall–Kier alpha value is -1.39. The van der Waals surface area contributed by atoms with Crippen LogP contribution in [0, 0.1) is 11.6 Å². The minimum Gasteiger partial charge on any atom is -0.323 e. The van der Waals surface area contributed by atoms with Gasteiger partial charge in [-0.25, -0.2) is 8.78 Å². The lowest BCUT2D eigenvalue weighted by atomic mass is 10.1. The number of hydrogen-bond donors (Lipinski definition) is 1. The van der Waals surface area contributed by atoms with Crippen LogP contribution in [-0.4, -0.2) is 5.75 Å². The third-order valence-electron chi connectivity index (χ3n) is 2.52. The van der Waals surface area contributed by atoms with Crippen LogP contribution in [0.4, 0.5) is 8.78 Å². The van der Waals surface area contributed by atoms with E-state index in [0.717, 1.165) is 10.5 Å². The molecule has 1 nitrogen and oxygen atoms in total. The molecule has 0 amide bonds. The lowest BCUT2D eigenvalue weighted by Crippen LogP contribution is -2.12. The molecule has 2 N–H and O–H groups in total. The summed E-state index contributed by atoms with van der Waals surface area (Å²) in [5.74, 6) is 0.0915. The molecule has 0 fully saturated rings. The zero-order valence-electron chi connectivity index (χ0n) is 9.64. The van der Waals surface area contributed by atoms with E-state index < -0.39 is 0 Å². The second-order valence-electron chi connectivity index (χ2n) is 3.93.